The summed E-state index contributed by atoms with van der Waals surface area (Å²) in [5.41, 5.74) is -0.0539. The first-order chi connectivity index (χ1) is 9.32. The van der Waals surface area contributed by atoms with Crippen molar-refractivity contribution in [2.24, 2.45) is 5.14 Å². The summed E-state index contributed by atoms with van der Waals surface area (Å²) in [4.78, 5) is 13.6. The zero-order valence-corrected chi connectivity index (χ0v) is 12.6. The van der Waals surface area contributed by atoms with Crippen LogP contribution in [-0.2, 0) is 14.8 Å². The molecule has 1 fully saturated rings. The molecule has 0 aromatic heterocycles. The van der Waals surface area contributed by atoms with E-state index in [9.17, 15) is 13.2 Å². The number of halogens is 2. The number of rotatable bonds is 2. The maximum atomic E-state index is 12.4. The van der Waals surface area contributed by atoms with E-state index in [2.05, 4.69) is 0 Å². The largest absolute Gasteiger partial charge is 0.378 e. The smallest absolute Gasteiger partial charge is 0.257 e. The van der Waals surface area contributed by atoms with Gasteiger partial charge in [0.2, 0.25) is 10.0 Å². The number of primary sulfonamides is 1. The molecule has 0 bridgehead atoms. The van der Waals surface area contributed by atoms with Gasteiger partial charge in [0.15, 0.2) is 0 Å². The van der Waals surface area contributed by atoms with Crippen LogP contribution in [0.5, 0.6) is 0 Å². The second kappa shape index (κ2) is 5.87. The maximum absolute atomic E-state index is 12.4. The molecule has 0 atom stereocenters. The molecule has 2 rings (SSSR count). The van der Waals surface area contributed by atoms with Crippen molar-refractivity contribution in [1.29, 1.82) is 0 Å². The molecule has 0 saturated carbocycles. The number of hydrogen-bond acceptors (Lipinski definition) is 4. The third kappa shape index (κ3) is 3.07. The summed E-state index contributed by atoms with van der Waals surface area (Å²) in [7, 11) is -4.02. The number of carbonyl (C=O) groups excluding carboxylic acids is 1. The number of sulfonamides is 1. The predicted molar refractivity (Wildman–Crippen MR) is 74.6 cm³/mol. The molecular formula is C11H12Cl2N2O4S. The molecule has 0 radical (unpaired) electrons. The van der Waals surface area contributed by atoms with Gasteiger partial charge in [-0.25, -0.2) is 13.6 Å². The molecule has 1 aliphatic heterocycles. The summed E-state index contributed by atoms with van der Waals surface area (Å²) in [6.07, 6.45) is 0. The van der Waals surface area contributed by atoms with Gasteiger partial charge >= 0.3 is 0 Å². The number of carbonyl (C=O) groups is 1. The fraction of sp³-hybridized carbons (Fsp3) is 0.364. The third-order valence-corrected chi connectivity index (χ3v) is 4.65. The highest BCUT2D eigenvalue weighted by atomic mass is 35.5. The first-order valence-electron chi connectivity index (χ1n) is 5.70. The Morgan fingerprint density at radius 3 is 2.40 bits per heavy atom. The van der Waals surface area contributed by atoms with Crippen LogP contribution in [0.2, 0.25) is 10.0 Å². The van der Waals surface area contributed by atoms with Gasteiger partial charge in [-0.1, -0.05) is 23.2 Å². The highest BCUT2D eigenvalue weighted by Crippen LogP contribution is 2.31. The lowest BCUT2D eigenvalue weighted by atomic mass is 10.2. The summed E-state index contributed by atoms with van der Waals surface area (Å²) in [5.74, 6) is -0.436. The van der Waals surface area contributed by atoms with Crippen LogP contribution in [0.4, 0.5) is 0 Å². The van der Waals surface area contributed by atoms with Gasteiger partial charge in [0.25, 0.3) is 5.91 Å². The maximum Gasteiger partial charge on any atom is 0.257 e. The number of nitrogens with two attached hydrogens (primary N) is 1. The van der Waals surface area contributed by atoms with Gasteiger partial charge in [0.1, 0.15) is 4.90 Å². The number of nitrogens with zero attached hydrogens (tertiary/aromatic N) is 1. The molecule has 6 nitrogen and oxygen atoms in total. The number of amides is 1. The number of ether oxygens (including phenoxy) is 1. The van der Waals surface area contributed by atoms with Crippen LogP contribution in [0.1, 0.15) is 10.4 Å². The monoisotopic (exact) mass is 338 g/mol. The van der Waals surface area contributed by atoms with E-state index in [1.54, 1.807) is 0 Å². The lowest BCUT2D eigenvalue weighted by molar-refractivity contribution is 0.0303. The van der Waals surface area contributed by atoms with Gasteiger partial charge in [-0.15, -0.1) is 0 Å². The molecule has 0 spiro atoms. The van der Waals surface area contributed by atoms with E-state index in [4.69, 9.17) is 33.1 Å². The standard InChI is InChI=1S/C11H12Cl2N2O4S/c12-7-1-2-8(20(14,17)18)10(13)9(7)11(16)15-3-5-19-6-4-15/h1-2H,3-6H2,(H2,14,17,18). The summed E-state index contributed by atoms with van der Waals surface area (Å²) in [6.45, 7) is 1.61. The van der Waals surface area contributed by atoms with Crippen LogP contribution in [0.3, 0.4) is 0 Å². The number of morpholine rings is 1. The quantitative estimate of drug-likeness (QED) is 0.874. The van der Waals surface area contributed by atoms with Crippen molar-refractivity contribution >= 4 is 39.1 Å². The SMILES string of the molecule is NS(=O)(=O)c1ccc(Cl)c(C(=O)N2CCOCC2)c1Cl. The number of benzene rings is 1. The van der Waals surface area contributed by atoms with E-state index >= 15 is 0 Å². The molecule has 0 aliphatic carbocycles. The van der Waals surface area contributed by atoms with Crippen LogP contribution in [0, 0.1) is 0 Å². The Morgan fingerprint density at radius 1 is 1.25 bits per heavy atom. The highest BCUT2D eigenvalue weighted by Gasteiger charge is 2.27. The van der Waals surface area contributed by atoms with Crippen LogP contribution in [0.15, 0.2) is 17.0 Å². The van der Waals surface area contributed by atoms with Crippen LogP contribution in [0.25, 0.3) is 0 Å². The van der Waals surface area contributed by atoms with E-state index in [1.165, 1.54) is 17.0 Å². The lowest BCUT2D eigenvalue weighted by Gasteiger charge is -2.27. The van der Waals surface area contributed by atoms with Gasteiger partial charge in [0.05, 0.1) is 28.8 Å². The summed E-state index contributed by atoms with van der Waals surface area (Å²) < 4.78 is 28.0. The van der Waals surface area contributed by atoms with Crippen LogP contribution < -0.4 is 5.14 Å². The van der Waals surface area contributed by atoms with E-state index in [1.807, 2.05) is 0 Å². The average Bonchev–Trinajstić information content (AvgIpc) is 2.38. The fourth-order valence-electron chi connectivity index (χ4n) is 1.87. The Bertz CT molecular complexity index is 642. The summed E-state index contributed by atoms with van der Waals surface area (Å²) in [5, 5.41) is 4.88. The summed E-state index contributed by atoms with van der Waals surface area (Å²) in [6, 6.07) is 2.47. The van der Waals surface area contributed by atoms with Crippen molar-refractivity contribution < 1.29 is 17.9 Å². The van der Waals surface area contributed by atoms with Gasteiger partial charge in [0, 0.05) is 13.1 Å². The van der Waals surface area contributed by atoms with Gasteiger partial charge in [-0.05, 0) is 12.1 Å². The van der Waals surface area contributed by atoms with Gasteiger partial charge in [-0.2, -0.15) is 0 Å². The topological polar surface area (TPSA) is 89.7 Å². The lowest BCUT2D eigenvalue weighted by Crippen LogP contribution is -2.41. The molecule has 1 amide bonds. The molecule has 110 valence electrons. The Kier molecular flexibility index (Phi) is 4.55. The second-order valence-corrected chi connectivity index (χ2v) is 6.50. The third-order valence-electron chi connectivity index (χ3n) is 2.87. The summed E-state index contributed by atoms with van der Waals surface area (Å²) >= 11 is 12.0. The highest BCUT2D eigenvalue weighted by molar-refractivity contribution is 7.89. The van der Waals surface area contributed by atoms with E-state index in [0.29, 0.717) is 26.3 Å². The minimum absolute atomic E-state index is 0.0539. The Balaban J connectivity index is 2.47. The van der Waals surface area contributed by atoms with E-state index < -0.39 is 15.9 Å². The fourth-order valence-corrected chi connectivity index (χ4v) is 3.34. The molecule has 0 unspecified atom stereocenters. The molecule has 1 aromatic rings. The van der Waals surface area contributed by atoms with Crippen molar-refractivity contribution in [3.8, 4) is 0 Å². The molecule has 1 aliphatic rings. The molecule has 2 N–H and O–H groups in total. The molecule has 1 aromatic carbocycles. The molecule has 1 saturated heterocycles. The second-order valence-electron chi connectivity index (χ2n) is 4.18. The van der Waals surface area contributed by atoms with Crippen molar-refractivity contribution in [3.05, 3.63) is 27.7 Å². The first-order valence-corrected chi connectivity index (χ1v) is 8.00. The van der Waals surface area contributed by atoms with Crippen molar-refractivity contribution in [1.82, 2.24) is 4.90 Å². The Hall–Kier alpha value is -0.860. The zero-order chi connectivity index (χ0) is 14.9. The Labute approximate surface area is 126 Å². The first kappa shape index (κ1) is 15.5. The van der Waals surface area contributed by atoms with Crippen molar-refractivity contribution in [3.63, 3.8) is 0 Å². The van der Waals surface area contributed by atoms with Gasteiger partial charge < -0.3 is 9.64 Å². The van der Waals surface area contributed by atoms with Crippen LogP contribution in [-0.4, -0.2) is 45.5 Å². The predicted octanol–water partition coefficient (Wildman–Crippen LogP) is 1.11. The minimum Gasteiger partial charge on any atom is -0.378 e. The number of hydrogen-bond donors (Lipinski definition) is 1. The molecule has 9 heteroatoms. The molecular weight excluding hydrogens is 327 g/mol. The van der Waals surface area contributed by atoms with E-state index in [-0.39, 0.29) is 20.5 Å². The van der Waals surface area contributed by atoms with Crippen molar-refractivity contribution in [2.45, 2.75) is 4.90 Å². The van der Waals surface area contributed by atoms with Crippen LogP contribution >= 0.6 is 23.2 Å². The van der Waals surface area contributed by atoms with Gasteiger partial charge in [-0.3, -0.25) is 4.79 Å². The zero-order valence-electron chi connectivity index (χ0n) is 10.3. The van der Waals surface area contributed by atoms with Crippen molar-refractivity contribution in [2.75, 3.05) is 26.3 Å². The van der Waals surface area contributed by atoms with E-state index in [0.717, 1.165) is 0 Å². The Morgan fingerprint density at radius 2 is 1.85 bits per heavy atom. The minimum atomic E-state index is -4.02. The normalized spacial score (nSPS) is 16.2. The molecule has 20 heavy (non-hydrogen) atoms. The average molecular weight is 339 g/mol. The molecule has 1 heterocycles.